The molecule has 1 aliphatic carbocycles. The SMILES string of the molecule is CCSC1CCC(NC/C=C(/C)C(=O)OC)C1. The number of rotatable bonds is 6. The van der Waals surface area contributed by atoms with Crippen molar-refractivity contribution in [3.63, 3.8) is 0 Å². The van der Waals surface area contributed by atoms with Gasteiger partial charge in [0.2, 0.25) is 0 Å². The fraction of sp³-hybridized carbons (Fsp3) is 0.769. The van der Waals surface area contributed by atoms with Gasteiger partial charge in [-0.3, -0.25) is 0 Å². The third kappa shape index (κ3) is 5.13. The van der Waals surface area contributed by atoms with Gasteiger partial charge in [-0.05, 0) is 31.9 Å². The van der Waals surface area contributed by atoms with E-state index in [2.05, 4.69) is 28.7 Å². The molecule has 0 aromatic carbocycles. The van der Waals surface area contributed by atoms with Gasteiger partial charge in [0.1, 0.15) is 0 Å². The molecule has 2 atom stereocenters. The number of thioether (sulfide) groups is 1. The fourth-order valence-electron chi connectivity index (χ4n) is 2.14. The molecule has 1 rings (SSSR count). The lowest BCUT2D eigenvalue weighted by Crippen LogP contribution is -2.27. The van der Waals surface area contributed by atoms with Gasteiger partial charge in [-0.1, -0.05) is 13.0 Å². The third-order valence-electron chi connectivity index (χ3n) is 3.11. The van der Waals surface area contributed by atoms with Crippen LogP contribution in [0.25, 0.3) is 0 Å². The Balaban J connectivity index is 2.22. The van der Waals surface area contributed by atoms with Gasteiger partial charge >= 0.3 is 5.97 Å². The zero-order valence-electron chi connectivity index (χ0n) is 11.0. The molecule has 17 heavy (non-hydrogen) atoms. The predicted molar refractivity (Wildman–Crippen MR) is 73.3 cm³/mol. The van der Waals surface area contributed by atoms with Crippen LogP contribution in [0.4, 0.5) is 0 Å². The molecule has 0 spiro atoms. The number of hydrogen-bond acceptors (Lipinski definition) is 4. The Bertz CT molecular complexity index is 279. The smallest absolute Gasteiger partial charge is 0.333 e. The van der Waals surface area contributed by atoms with Crippen molar-refractivity contribution < 1.29 is 9.53 Å². The van der Waals surface area contributed by atoms with E-state index in [9.17, 15) is 4.79 Å². The highest BCUT2D eigenvalue weighted by molar-refractivity contribution is 7.99. The number of methoxy groups -OCH3 is 1. The van der Waals surface area contributed by atoms with Crippen LogP contribution in [-0.2, 0) is 9.53 Å². The van der Waals surface area contributed by atoms with Crippen molar-refractivity contribution in [2.24, 2.45) is 0 Å². The first-order valence-electron chi connectivity index (χ1n) is 6.27. The van der Waals surface area contributed by atoms with Crippen molar-refractivity contribution in [2.75, 3.05) is 19.4 Å². The molecule has 1 saturated carbocycles. The second kappa shape index (κ2) is 7.77. The zero-order valence-corrected chi connectivity index (χ0v) is 11.8. The minimum absolute atomic E-state index is 0.238. The van der Waals surface area contributed by atoms with Gasteiger partial charge in [0.25, 0.3) is 0 Å². The Morgan fingerprint density at radius 3 is 2.94 bits per heavy atom. The monoisotopic (exact) mass is 257 g/mol. The van der Waals surface area contributed by atoms with Crippen LogP contribution >= 0.6 is 11.8 Å². The molecule has 0 saturated heterocycles. The van der Waals surface area contributed by atoms with Crippen LogP contribution < -0.4 is 5.32 Å². The van der Waals surface area contributed by atoms with E-state index < -0.39 is 0 Å². The molecule has 1 N–H and O–H groups in total. The summed E-state index contributed by atoms with van der Waals surface area (Å²) in [5.41, 5.74) is 0.678. The maximum absolute atomic E-state index is 11.2. The van der Waals surface area contributed by atoms with Gasteiger partial charge in [0.05, 0.1) is 7.11 Å². The van der Waals surface area contributed by atoms with Crippen molar-refractivity contribution in [3.8, 4) is 0 Å². The Morgan fingerprint density at radius 2 is 2.29 bits per heavy atom. The van der Waals surface area contributed by atoms with Crippen molar-refractivity contribution >= 4 is 17.7 Å². The van der Waals surface area contributed by atoms with Gasteiger partial charge < -0.3 is 10.1 Å². The van der Waals surface area contributed by atoms with Crippen LogP contribution in [0.3, 0.4) is 0 Å². The van der Waals surface area contributed by atoms with E-state index in [1.54, 1.807) is 6.92 Å². The average molecular weight is 257 g/mol. The number of carbonyl (C=O) groups excluding carboxylic acids is 1. The average Bonchev–Trinajstić information content (AvgIpc) is 2.76. The molecule has 0 aromatic rings. The normalized spacial score (nSPS) is 25.0. The number of nitrogens with one attached hydrogen (secondary N) is 1. The highest BCUT2D eigenvalue weighted by Gasteiger charge is 2.23. The Hall–Kier alpha value is -0.480. The van der Waals surface area contributed by atoms with E-state index in [4.69, 9.17) is 0 Å². The van der Waals surface area contributed by atoms with E-state index in [0.29, 0.717) is 11.6 Å². The Morgan fingerprint density at radius 1 is 1.53 bits per heavy atom. The molecule has 0 aromatic heterocycles. The van der Waals surface area contributed by atoms with Crippen molar-refractivity contribution in [1.82, 2.24) is 5.32 Å². The summed E-state index contributed by atoms with van der Waals surface area (Å²) in [6, 6.07) is 0.612. The number of esters is 1. The first-order valence-corrected chi connectivity index (χ1v) is 7.32. The molecule has 3 nitrogen and oxygen atoms in total. The van der Waals surface area contributed by atoms with Gasteiger partial charge in [0, 0.05) is 23.4 Å². The third-order valence-corrected chi connectivity index (χ3v) is 4.34. The number of carbonyl (C=O) groups is 1. The summed E-state index contributed by atoms with van der Waals surface area (Å²) in [4.78, 5) is 11.2. The van der Waals surface area contributed by atoms with Gasteiger partial charge in [-0.15, -0.1) is 0 Å². The molecular formula is C13H23NO2S. The molecule has 1 aliphatic rings. The maximum atomic E-state index is 11.2. The second-order valence-corrected chi connectivity index (χ2v) is 5.95. The molecule has 1 fully saturated rings. The summed E-state index contributed by atoms with van der Waals surface area (Å²) in [7, 11) is 1.41. The van der Waals surface area contributed by atoms with Gasteiger partial charge in [-0.2, -0.15) is 11.8 Å². The summed E-state index contributed by atoms with van der Waals surface area (Å²) < 4.78 is 4.65. The number of ether oxygens (including phenoxy) is 1. The second-order valence-electron chi connectivity index (χ2n) is 4.37. The van der Waals surface area contributed by atoms with Crippen molar-refractivity contribution in [3.05, 3.63) is 11.6 Å². The Kier molecular flexibility index (Phi) is 6.66. The topological polar surface area (TPSA) is 38.3 Å². The lowest BCUT2D eigenvalue weighted by atomic mass is 10.2. The fourth-order valence-corrected chi connectivity index (χ4v) is 3.28. The molecule has 4 heteroatoms. The van der Waals surface area contributed by atoms with Crippen LogP contribution in [0.15, 0.2) is 11.6 Å². The summed E-state index contributed by atoms with van der Waals surface area (Å²) in [5.74, 6) is 0.969. The Labute approximate surface area is 108 Å². The highest BCUT2D eigenvalue weighted by atomic mass is 32.2. The zero-order chi connectivity index (χ0) is 12.7. The first-order chi connectivity index (χ1) is 8.17. The van der Waals surface area contributed by atoms with Crippen LogP contribution in [-0.4, -0.2) is 36.7 Å². The molecule has 98 valence electrons. The first kappa shape index (κ1) is 14.6. The van der Waals surface area contributed by atoms with Gasteiger partial charge in [-0.25, -0.2) is 4.79 Å². The number of hydrogen-bond donors (Lipinski definition) is 1. The molecular weight excluding hydrogens is 234 g/mol. The summed E-state index contributed by atoms with van der Waals surface area (Å²) >= 11 is 2.06. The molecule has 0 heterocycles. The van der Waals surface area contributed by atoms with Crippen molar-refractivity contribution in [1.29, 1.82) is 0 Å². The molecule has 0 aliphatic heterocycles. The molecule has 0 radical (unpaired) electrons. The summed E-state index contributed by atoms with van der Waals surface area (Å²) in [6.07, 6.45) is 5.73. The lowest BCUT2D eigenvalue weighted by molar-refractivity contribution is -0.136. The van der Waals surface area contributed by atoms with E-state index in [1.165, 1.54) is 32.1 Å². The molecule has 2 unspecified atom stereocenters. The lowest BCUT2D eigenvalue weighted by Gasteiger charge is -2.11. The van der Waals surface area contributed by atoms with E-state index in [-0.39, 0.29) is 5.97 Å². The standard InChI is InChI=1S/C13H23NO2S/c1-4-17-12-6-5-11(9-12)14-8-7-10(2)13(15)16-3/h7,11-12,14H,4-6,8-9H2,1-3H3/b10-7-. The van der Waals surface area contributed by atoms with Gasteiger partial charge in [0.15, 0.2) is 0 Å². The maximum Gasteiger partial charge on any atom is 0.333 e. The van der Waals surface area contributed by atoms with E-state index in [1.807, 2.05) is 6.08 Å². The van der Waals surface area contributed by atoms with Crippen LogP contribution in [0.1, 0.15) is 33.1 Å². The van der Waals surface area contributed by atoms with E-state index in [0.717, 1.165) is 11.8 Å². The summed E-state index contributed by atoms with van der Waals surface area (Å²) in [6.45, 7) is 4.76. The summed E-state index contributed by atoms with van der Waals surface area (Å²) in [5, 5.41) is 4.30. The quantitative estimate of drug-likeness (QED) is 0.585. The van der Waals surface area contributed by atoms with E-state index >= 15 is 0 Å². The van der Waals surface area contributed by atoms with Crippen LogP contribution in [0.5, 0.6) is 0 Å². The largest absolute Gasteiger partial charge is 0.466 e. The minimum Gasteiger partial charge on any atom is -0.466 e. The molecule has 0 bridgehead atoms. The minimum atomic E-state index is -0.238. The van der Waals surface area contributed by atoms with Crippen LogP contribution in [0, 0.1) is 0 Å². The molecule has 0 amide bonds. The predicted octanol–water partition coefficient (Wildman–Crippen LogP) is 2.37. The highest BCUT2D eigenvalue weighted by Crippen LogP contribution is 2.29. The van der Waals surface area contributed by atoms with Crippen LogP contribution in [0.2, 0.25) is 0 Å². The van der Waals surface area contributed by atoms with Crippen molar-refractivity contribution in [2.45, 2.75) is 44.4 Å².